The van der Waals surface area contributed by atoms with Gasteiger partial charge in [-0.1, -0.05) is 0 Å². The third-order valence-electron chi connectivity index (χ3n) is 5.14. The molecule has 8 heteroatoms. The molecule has 0 aliphatic heterocycles. The van der Waals surface area contributed by atoms with Gasteiger partial charge in [0, 0.05) is 24.3 Å². The van der Waals surface area contributed by atoms with Gasteiger partial charge in [0.15, 0.2) is 10.9 Å². The fourth-order valence-corrected chi connectivity index (χ4v) is 3.44. The van der Waals surface area contributed by atoms with Crippen molar-refractivity contribution < 1.29 is 27.8 Å². The highest BCUT2D eigenvalue weighted by Crippen LogP contribution is 2.21. The van der Waals surface area contributed by atoms with E-state index in [-0.39, 0.29) is 28.8 Å². The summed E-state index contributed by atoms with van der Waals surface area (Å²) in [6.07, 6.45) is 3.89. The van der Waals surface area contributed by atoms with Crippen molar-refractivity contribution in [2.45, 2.75) is 26.2 Å². The molecule has 0 aliphatic rings. The first-order valence-electron chi connectivity index (χ1n) is 11.1. The highest BCUT2D eigenvalue weighted by molar-refractivity contribution is 5.89. The Hall–Kier alpha value is -4.07. The number of carbonyl (C=O) groups is 1. The van der Waals surface area contributed by atoms with Crippen molar-refractivity contribution in [3.05, 3.63) is 81.0 Å². The number of unbranched alkanes of at least 4 members (excludes halogenated alkanes) is 2. The molecular weight excluding hydrogens is 440 g/mol. The van der Waals surface area contributed by atoms with E-state index in [2.05, 4.69) is 0 Å². The number of carbonyl (C=O) groups excluding carboxylic acids is 1. The Bertz CT molecular complexity index is 1420. The summed E-state index contributed by atoms with van der Waals surface area (Å²) in [5, 5.41) is 0.891. The molecule has 176 valence electrons. The van der Waals surface area contributed by atoms with Crippen LogP contribution in [0.2, 0.25) is 0 Å². The summed E-state index contributed by atoms with van der Waals surface area (Å²) in [4.78, 5) is 35.8. The van der Waals surface area contributed by atoms with E-state index < -0.39 is 5.97 Å². The SMILES string of the molecule is CCOC(=O)c1cc(=O)c2ccc(OCCCCCOc3ccc4c(=O)ccoc4c3)cc2o1. The molecule has 2 heterocycles. The molecule has 34 heavy (non-hydrogen) atoms. The number of fused-ring (bicyclic) bond motifs is 2. The van der Waals surface area contributed by atoms with Crippen LogP contribution in [-0.4, -0.2) is 25.8 Å². The molecule has 0 radical (unpaired) electrons. The average Bonchev–Trinajstić information content (AvgIpc) is 2.83. The van der Waals surface area contributed by atoms with Gasteiger partial charge < -0.3 is 23.0 Å². The van der Waals surface area contributed by atoms with Crippen molar-refractivity contribution in [1.29, 1.82) is 0 Å². The van der Waals surface area contributed by atoms with Crippen LogP contribution in [0.25, 0.3) is 21.9 Å². The molecule has 0 amide bonds. The van der Waals surface area contributed by atoms with Gasteiger partial charge in [-0.3, -0.25) is 9.59 Å². The molecule has 2 aromatic carbocycles. The van der Waals surface area contributed by atoms with Gasteiger partial charge in [-0.05, 0) is 50.5 Å². The molecule has 0 unspecified atom stereocenters. The van der Waals surface area contributed by atoms with Crippen LogP contribution in [0.4, 0.5) is 0 Å². The first-order chi connectivity index (χ1) is 16.5. The molecule has 0 spiro atoms. The normalized spacial score (nSPS) is 11.0. The summed E-state index contributed by atoms with van der Waals surface area (Å²) in [5.74, 6) is 0.386. The van der Waals surface area contributed by atoms with E-state index in [1.54, 1.807) is 43.3 Å². The smallest absolute Gasteiger partial charge is 0.374 e. The van der Waals surface area contributed by atoms with Gasteiger partial charge in [0.05, 0.1) is 36.9 Å². The monoisotopic (exact) mass is 464 g/mol. The Kier molecular flexibility index (Phi) is 7.27. The molecule has 8 nitrogen and oxygen atoms in total. The highest BCUT2D eigenvalue weighted by Gasteiger charge is 2.13. The Morgan fingerprint density at radius 3 is 2.12 bits per heavy atom. The van der Waals surface area contributed by atoms with Crippen LogP contribution in [0, 0.1) is 0 Å². The molecule has 2 aromatic heterocycles. The zero-order valence-electron chi connectivity index (χ0n) is 18.7. The Balaban J connectivity index is 1.24. The lowest BCUT2D eigenvalue weighted by molar-refractivity contribution is 0.0490. The minimum Gasteiger partial charge on any atom is -0.493 e. The van der Waals surface area contributed by atoms with E-state index in [1.807, 2.05) is 0 Å². The highest BCUT2D eigenvalue weighted by atomic mass is 16.5. The molecule has 4 aromatic rings. The minimum absolute atomic E-state index is 0.0826. The third kappa shape index (κ3) is 5.46. The summed E-state index contributed by atoms with van der Waals surface area (Å²) < 4.78 is 27.3. The molecule has 0 bridgehead atoms. The lowest BCUT2D eigenvalue weighted by Gasteiger charge is -2.09. The summed E-state index contributed by atoms with van der Waals surface area (Å²) in [6, 6.07) is 12.6. The first kappa shape index (κ1) is 23.1. The second kappa shape index (κ2) is 10.7. The fourth-order valence-electron chi connectivity index (χ4n) is 3.44. The van der Waals surface area contributed by atoms with Crippen molar-refractivity contribution in [2.24, 2.45) is 0 Å². The van der Waals surface area contributed by atoms with Gasteiger partial charge in [0.25, 0.3) is 0 Å². The number of hydrogen-bond acceptors (Lipinski definition) is 8. The van der Waals surface area contributed by atoms with E-state index in [1.165, 1.54) is 12.3 Å². The second-order valence-electron chi connectivity index (χ2n) is 7.55. The standard InChI is InChI=1S/C26H24O8/c1-2-30-26(29)25-16-22(28)20-9-7-18(15-24(20)34-25)32-12-5-3-4-11-31-17-6-8-19-21(27)10-13-33-23(19)14-17/h6-10,13-16H,2-5,11-12H2,1H3. The van der Waals surface area contributed by atoms with Crippen molar-refractivity contribution >= 4 is 27.9 Å². The van der Waals surface area contributed by atoms with E-state index in [9.17, 15) is 14.4 Å². The molecule has 0 aliphatic carbocycles. The van der Waals surface area contributed by atoms with Crippen molar-refractivity contribution in [2.75, 3.05) is 19.8 Å². The second-order valence-corrected chi connectivity index (χ2v) is 7.55. The van der Waals surface area contributed by atoms with Crippen LogP contribution in [0.5, 0.6) is 11.5 Å². The first-order valence-corrected chi connectivity index (χ1v) is 11.1. The van der Waals surface area contributed by atoms with Gasteiger partial charge >= 0.3 is 5.97 Å². The topological polar surface area (TPSA) is 105 Å². The summed E-state index contributed by atoms with van der Waals surface area (Å²) >= 11 is 0. The summed E-state index contributed by atoms with van der Waals surface area (Å²) in [5.41, 5.74) is 0.372. The maximum Gasteiger partial charge on any atom is 0.374 e. The average molecular weight is 464 g/mol. The van der Waals surface area contributed by atoms with Crippen LogP contribution in [-0.2, 0) is 4.74 Å². The molecule has 0 saturated heterocycles. The summed E-state index contributed by atoms with van der Waals surface area (Å²) in [6.45, 7) is 2.88. The van der Waals surface area contributed by atoms with Gasteiger partial charge in [-0.15, -0.1) is 0 Å². The Labute approximate surface area is 194 Å². The van der Waals surface area contributed by atoms with E-state index >= 15 is 0 Å². The van der Waals surface area contributed by atoms with Crippen LogP contribution >= 0.6 is 0 Å². The predicted octanol–water partition coefficient (Wildman–Crippen LogP) is 4.70. The van der Waals surface area contributed by atoms with Gasteiger partial charge in [-0.25, -0.2) is 4.79 Å². The van der Waals surface area contributed by atoms with Gasteiger partial charge in [-0.2, -0.15) is 0 Å². The third-order valence-corrected chi connectivity index (χ3v) is 5.14. The number of rotatable bonds is 10. The van der Waals surface area contributed by atoms with Gasteiger partial charge in [0.2, 0.25) is 5.76 Å². The van der Waals surface area contributed by atoms with Crippen molar-refractivity contribution in [3.8, 4) is 11.5 Å². The summed E-state index contributed by atoms with van der Waals surface area (Å²) in [7, 11) is 0. The predicted molar refractivity (Wildman–Crippen MR) is 126 cm³/mol. The molecule has 0 saturated carbocycles. The Morgan fingerprint density at radius 2 is 1.44 bits per heavy atom. The van der Waals surface area contributed by atoms with Crippen LogP contribution in [0.3, 0.4) is 0 Å². The Morgan fingerprint density at radius 1 is 0.794 bits per heavy atom. The molecule has 0 fully saturated rings. The fraction of sp³-hybridized carbons (Fsp3) is 0.269. The maximum absolute atomic E-state index is 12.2. The lowest BCUT2D eigenvalue weighted by Crippen LogP contribution is -2.10. The zero-order chi connectivity index (χ0) is 23.9. The van der Waals surface area contributed by atoms with E-state index in [4.69, 9.17) is 23.0 Å². The molecule has 4 rings (SSSR count). The van der Waals surface area contributed by atoms with Crippen LogP contribution < -0.4 is 20.3 Å². The lowest BCUT2D eigenvalue weighted by atomic mass is 10.2. The minimum atomic E-state index is -0.678. The maximum atomic E-state index is 12.2. The van der Waals surface area contributed by atoms with E-state index in [0.717, 1.165) is 25.3 Å². The number of ether oxygens (including phenoxy) is 3. The zero-order valence-corrected chi connectivity index (χ0v) is 18.7. The van der Waals surface area contributed by atoms with E-state index in [0.29, 0.717) is 41.1 Å². The number of esters is 1. The van der Waals surface area contributed by atoms with Crippen molar-refractivity contribution in [1.82, 2.24) is 0 Å². The quantitative estimate of drug-likeness (QED) is 0.246. The largest absolute Gasteiger partial charge is 0.493 e. The number of benzene rings is 2. The molecule has 0 atom stereocenters. The molecular formula is C26H24O8. The van der Waals surface area contributed by atoms with Crippen LogP contribution in [0.1, 0.15) is 36.7 Å². The van der Waals surface area contributed by atoms with Crippen molar-refractivity contribution in [3.63, 3.8) is 0 Å². The number of hydrogen-bond donors (Lipinski definition) is 0. The van der Waals surface area contributed by atoms with Gasteiger partial charge in [0.1, 0.15) is 22.7 Å². The molecule has 0 N–H and O–H groups in total. The van der Waals surface area contributed by atoms with Crippen LogP contribution in [0.15, 0.2) is 73.2 Å².